The molecule has 0 aliphatic heterocycles. The molecule has 0 aliphatic rings. The smallest absolute Gasteiger partial charge is 0.0403 e. The summed E-state index contributed by atoms with van der Waals surface area (Å²) in [6, 6.07) is 13.2. The van der Waals surface area contributed by atoms with Crippen LogP contribution in [0.1, 0.15) is 47.6 Å². The molecule has 0 saturated carbocycles. The summed E-state index contributed by atoms with van der Waals surface area (Å²) in [7, 11) is 0. The monoisotopic (exact) mass is 267 g/mol. The molecular weight excluding hydrogens is 242 g/mol. The molecule has 0 heterocycles. The van der Waals surface area contributed by atoms with Gasteiger partial charge in [-0.15, -0.1) is 0 Å². The summed E-state index contributed by atoms with van der Waals surface area (Å²) in [5, 5.41) is 3.60. The average Bonchev–Trinajstić information content (AvgIpc) is 2.41. The molecule has 0 spiro atoms. The van der Waals surface area contributed by atoms with Gasteiger partial charge < -0.3 is 5.32 Å². The molecule has 20 heavy (non-hydrogen) atoms. The lowest BCUT2D eigenvalue weighted by Crippen LogP contribution is -2.05. The summed E-state index contributed by atoms with van der Waals surface area (Å²) in [6.07, 6.45) is 0. The number of aryl methyl sites for hydroxylation is 3. The predicted molar refractivity (Wildman–Crippen MR) is 88.5 cm³/mol. The van der Waals surface area contributed by atoms with E-state index < -0.39 is 0 Å². The maximum atomic E-state index is 3.60. The number of hydrogen-bond donors (Lipinski definition) is 1. The summed E-state index contributed by atoms with van der Waals surface area (Å²) in [5.41, 5.74) is 8.11. The Kier molecular flexibility index (Phi) is 4.49. The van der Waals surface area contributed by atoms with E-state index in [1.807, 2.05) is 0 Å². The lowest BCUT2D eigenvalue weighted by Gasteiger charge is -2.16. The Morgan fingerprint density at radius 3 is 2.25 bits per heavy atom. The highest BCUT2D eigenvalue weighted by molar-refractivity contribution is 5.53. The first kappa shape index (κ1) is 14.6. The number of rotatable bonds is 4. The van der Waals surface area contributed by atoms with Crippen molar-refractivity contribution in [2.45, 2.75) is 47.1 Å². The van der Waals surface area contributed by atoms with Crippen LogP contribution in [0.25, 0.3) is 0 Å². The van der Waals surface area contributed by atoms with Gasteiger partial charge in [0, 0.05) is 12.2 Å². The van der Waals surface area contributed by atoms with Crippen LogP contribution >= 0.6 is 0 Å². The lowest BCUT2D eigenvalue weighted by molar-refractivity contribution is 0.865. The van der Waals surface area contributed by atoms with Crippen molar-refractivity contribution in [3.63, 3.8) is 0 Å². The molecule has 0 unspecified atom stereocenters. The average molecular weight is 267 g/mol. The van der Waals surface area contributed by atoms with Gasteiger partial charge in [0.25, 0.3) is 0 Å². The molecule has 1 nitrogen and oxygen atoms in total. The number of nitrogens with one attached hydrogen (secondary N) is 1. The van der Waals surface area contributed by atoms with Crippen LogP contribution < -0.4 is 5.32 Å². The van der Waals surface area contributed by atoms with E-state index in [9.17, 15) is 0 Å². The van der Waals surface area contributed by atoms with Gasteiger partial charge in [-0.1, -0.05) is 44.2 Å². The van der Waals surface area contributed by atoms with E-state index in [2.05, 4.69) is 76.3 Å². The Balaban J connectivity index is 2.19. The second kappa shape index (κ2) is 6.13. The molecule has 1 N–H and O–H groups in total. The van der Waals surface area contributed by atoms with E-state index in [0.717, 1.165) is 6.54 Å². The first-order chi connectivity index (χ1) is 9.49. The van der Waals surface area contributed by atoms with Crippen LogP contribution in [-0.2, 0) is 6.54 Å². The molecule has 0 fully saturated rings. The summed E-state index contributed by atoms with van der Waals surface area (Å²) >= 11 is 0. The zero-order valence-electron chi connectivity index (χ0n) is 13.2. The summed E-state index contributed by atoms with van der Waals surface area (Å²) in [6.45, 7) is 11.9. The molecule has 0 bridgehead atoms. The van der Waals surface area contributed by atoms with Crippen molar-refractivity contribution in [3.8, 4) is 0 Å². The predicted octanol–water partition coefficient (Wildman–Crippen LogP) is 5.35. The van der Waals surface area contributed by atoms with Crippen LogP contribution in [0, 0.1) is 20.8 Å². The first-order valence-electron chi connectivity index (χ1n) is 7.38. The van der Waals surface area contributed by atoms with E-state index in [0.29, 0.717) is 5.92 Å². The van der Waals surface area contributed by atoms with Crippen LogP contribution in [0.15, 0.2) is 36.4 Å². The molecule has 0 saturated heterocycles. The second-order valence-corrected chi connectivity index (χ2v) is 5.96. The zero-order chi connectivity index (χ0) is 14.7. The van der Waals surface area contributed by atoms with Crippen molar-refractivity contribution >= 4 is 5.69 Å². The number of para-hydroxylation sites is 1. The third-order valence-corrected chi connectivity index (χ3v) is 4.00. The van der Waals surface area contributed by atoms with Crippen LogP contribution in [0.2, 0.25) is 0 Å². The molecule has 2 rings (SSSR count). The Labute approximate surface area is 123 Å². The molecular formula is C19H25N. The van der Waals surface area contributed by atoms with Crippen molar-refractivity contribution in [3.05, 3.63) is 64.2 Å². The van der Waals surface area contributed by atoms with Crippen LogP contribution in [0.3, 0.4) is 0 Å². The third-order valence-electron chi connectivity index (χ3n) is 4.00. The molecule has 106 valence electrons. The highest BCUT2D eigenvalue weighted by Crippen LogP contribution is 2.25. The number of hydrogen-bond acceptors (Lipinski definition) is 1. The molecule has 2 aromatic carbocycles. The van der Waals surface area contributed by atoms with Gasteiger partial charge >= 0.3 is 0 Å². The fourth-order valence-corrected chi connectivity index (χ4v) is 2.56. The number of anilines is 1. The van der Waals surface area contributed by atoms with Crippen molar-refractivity contribution in [1.82, 2.24) is 0 Å². The van der Waals surface area contributed by atoms with Gasteiger partial charge in [0.15, 0.2) is 0 Å². The minimum Gasteiger partial charge on any atom is -0.381 e. The summed E-state index contributed by atoms with van der Waals surface area (Å²) in [5.74, 6) is 0.541. The van der Waals surface area contributed by atoms with Gasteiger partial charge in [0.1, 0.15) is 0 Å². The second-order valence-electron chi connectivity index (χ2n) is 5.96. The molecule has 2 aromatic rings. The largest absolute Gasteiger partial charge is 0.381 e. The third kappa shape index (κ3) is 3.22. The summed E-state index contributed by atoms with van der Waals surface area (Å²) in [4.78, 5) is 0. The molecule has 0 aliphatic carbocycles. The van der Waals surface area contributed by atoms with Gasteiger partial charge in [-0.05, 0) is 60.6 Å². The topological polar surface area (TPSA) is 12.0 Å². The fraction of sp³-hybridized carbons (Fsp3) is 0.368. The Morgan fingerprint density at radius 2 is 1.55 bits per heavy atom. The van der Waals surface area contributed by atoms with Crippen LogP contribution in [0.5, 0.6) is 0 Å². The molecule has 0 atom stereocenters. The van der Waals surface area contributed by atoms with Crippen molar-refractivity contribution in [2.75, 3.05) is 5.32 Å². The Morgan fingerprint density at radius 1 is 0.900 bits per heavy atom. The summed E-state index contributed by atoms with van der Waals surface area (Å²) < 4.78 is 0. The van der Waals surface area contributed by atoms with Crippen LogP contribution in [-0.4, -0.2) is 0 Å². The normalized spacial score (nSPS) is 10.9. The van der Waals surface area contributed by atoms with Crippen molar-refractivity contribution in [2.24, 2.45) is 0 Å². The highest BCUT2D eigenvalue weighted by Gasteiger charge is 2.06. The standard InChI is InChI=1S/C19H25N/c1-13(2)18-8-6-7-9-19(18)20-12-17-11-15(4)14(3)10-16(17)5/h6-11,13,20H,12H2,1-5H3. The van der Waals surface area contributed by atoms with Gasteiger partial charge in [0.2, 0.25) is 0 Å². The molecule has 0 amide bonds. The maximum Gasteiger partial charge on any atom is 0.0403 e. The molecule has 0 radical (unpaired) electrons. The zero-order valence-corrected chi connectivity index (χ0v) is 13.2. The number of benzene rings is 2. The van der Waals surface area contributed by atoms with E-state index >= 15 is 0 Å². The Hall–Kier alpha value is -1.76. The van der Waals surface area contributed by atoms with E-state index in [1.165, 1.54) is 33.5 Å². The van der Waals surface area contributed by atoms with Gasteiger partial charge in [-0.2, -0.15) is 0 Å². The SMILES string of the molecule is Cc1cc(C)c(CNc2ccccc2C(C)C)cc1C. The minimum absolute atomic E-state index is 0.541. The molecule has 0 aromatic heterocycles. The fourth-order valence-electron chi connectivity index (χ4n) is 2.56. The highest BCUT2D eigenvalue weighted by atomic mass is 14.9. The first-order valence-corrected chi connectivity index (χ1v) is 7.38. The van der Waals surface area contributed by atoms with Gasteiger partial charge in [0.05, 0.1) is 0 Å². The van der Waals surface area contributed by atoms with Gasteiger partial charge in [-0.3, -0.25) is 0 Å². The van der Waals surface area contributed by atoms with E-state index in [-0.39, 0.29) is 0 Å². The van der Waals surface area contributed by atoms with E-state index in [4.69, 9.17) is 0 Å². The Bertz CT molecular complexity index is 597. The molecule has 1 heteroatoms. The van der Waals surface area contributed by atoms with E-state index in [1.54, 1.807) is 0 Å². The van der Waals surface area contributed by atoms with Crippen molar-refractivity contribution < 1.29 is 0 Å². The van der Waals surface area contributed by atoms with Gasteiger partial charge in [-0.25, -0.2) is 0 Å². The maximum absolute atomic E-state index is 3.60. The van der Waals surface area contributed by atoms with Crippen molar-refractivity contribution in [1.29, 1.82) is 0 Å². The van der Waals surface area contributed by atoms with Crippen LogP contribution in [0.4, 0.5) is 5.69 Å². The minimum atomic E-state index is 0.541. The lowest BCUT2D eigenvalue weighted by atomic mass is 9.99. The quantitative estimate of drug-likeness (QED) is 0.787.